The van der Waals surface area contributed by atoms with Gasteiger partial charge in [-0.2, -0.15) is 0 Å². The molecule has 1 aromatic rings. The predicted molar refractivity (Wildman–Crippen MR) is 94.2 cm³/mol. The fourth-order valence-electron chi connectivity index (χ4n) is 3.37. The van der Waals surface area contributed by atoms with Gasteiger partial charge in [-0.1, -0.05) is 56.5 Å². The molecule has 0 N–H and O–H groups in total. The third kappa shape index (κ3) is 6.34. The number of nitrogens with zero attached hydrogens (tertiary/aromatic N) is 1. The van der Waals surface area contributed by atoms with E-state index in [1.54, 1.807) is 0 Å². The first-order valence-corrected chi connectivity index (χ1v) is 9.22. The quantitative estimate of drug-likeness (QED) is 0.560. The second-order valence-electron chi connectivity index (χ2n) is 6.52. The van der Waals surface area contributed by atoms with Gasteiger partial charge in [-0.05, 0) is 31.2 Å². The van der Waals surface area contributed by atoms with E-state index in [1.807, 2.05) is 18.2 Å². The van der Waals surface area contributed by atoms with Gasteiger partial charge in [0.25, 0.3) is 0 Å². The van der Waals surface area contributed by atoms with Crippen molar-refractivity contribution in [2.24, 2.45) is 0 Å². The number of carbonyl (C=O) groups is 1. The minimum absolute atomic E-state index is 0.370. The second-order valence-corrected chi connectivity index (χ2v) is 6.52. The van der Waals surface area contributed by atoms with Crippen LogP contribution in [0.3, 0.4) is 0 Å². The summed E-state index contributed by atoms with van der Waals surface area (Å²) in [5, 5.41) is 0. The Kier molecular flexibility index (Phi) is 8.16. The lowest BCUT2D eigenvalue weighted by molar-refractivity contribution is -0.129. The van der Waals surface area contributed by atoms with Gasteiger partial charge in [0.2, 0.25) is 5.91 Å². The van der Waals surface area contributed by atoms with E-state index in [9.17, 15) is 4.79 Å². The van der Waals surface area contributed by atoms with E-state index in [0.717, 1.165) is 51.7 Å². The van der Waals surface area contributed by atoms with Crippen molar-refractivity contribution in [3.63, 3.8) is 0 Å². The molecule has 0 aromatic heterocycles. The summed E-state index contributed by atoms with van der Waals surface area (Å²) in [7, 11) is 0. The Bertz CT molecular complexity index is 446. The number of benzene rings is 1. The largest absolute Gasteiger partial charge is 0.377 e. The molecule has 1 aliphatic rings. The highest BCUT2D eigenvalue weighted by Crippen LogP contribution is 2.21. The van der Waals surface area contributed by atoms with Gasteiger partial charge in [0.05, 0.1) is 6.61 Å². The summed E-state index contributed by atoms with van der Waals surface area (Å²) >= 11 is 0. The van der Waals surface area contributed by atoms with Gasteiger partial charge in [0, 0.05) is 25.6 Å². The normalized spacial score (nSPS) is 16.0. The molecule has 3 nitrogen and oxygen atoms in total. The number of rotatable bonds is 11. The van der Waals surface area contributed by atoms with Crippen LogP contribution in [0.1, 0.15) is 63.9 Å². The topological polar surface area (TPSA) is 29.5 Å². The summed E-state index contributed by atoms with van der Waals surface area (Å²) in [6, 6.07) is 10.8. The lowest BCUT2D eigenvalue weighted by atomic mass is 10.0. The zero-order chi connectivity index (χ0) is 16.3. The molecule has 1 amide bonds. The maximum absolute atomic E-state index is 11.9. The summed E-state index contributed by atoms with van der Waals surface area (Å²) < 4.78 is 5.73. The van der Waals surface area contributed by atoms with Crippen LogP contribution in [0.4, 0.5) is 0 Å². The molecule has 1 aliphatic heterocycles. The molecule has 1 aromatic carbocycles. The van der Waals surface area contributed by atoms with Crippen molar-refractivity contribution < 1.29 is 9.53 Å². The summed E-state index contributed by atoms with van der Waals surface area (Å²) in [5.74, 6) is 0.370. The number of likely N-dealkylation sites (tertiary alicyclic amines) is 1. The van der Waals surface area contributed by atoms with Gasteiger partial charge >= 0.3 is 0 Å². The van der Waals surface area contributed by atoms with Gasteiger partial charge in [-0.3, -0.25) is 4.79 Å². The van der Waals surface area contributed by atoms with E-state index in [-0.39, 0.29) is 0 Å². The third-order valence-corrected chi connectivity index (χ3v) is 4.61. The van der Waals surface area contributed by atoms with Crippen molar-refractivity contribution in [2.45, 2.75) is 70.9 Å². The Hall–Kier alpha value is -1.35. The Balaban J connectivity index is 1.55. The van der Waals surface area contributed by atoms with Crippen LogP contribution in [-0.4, -0.2) is 30.0 Å². The monoisotopic (exact) mass is 317 g/mol. The fourth-order valence-corrected chi connectivity index (χ4v) is 3.37. The van der Waals surface area contributed by atoms with E-state index in [0.29, 0.717) is 18.6 Å². The van der Waals surface area contributed by atoms with Crippen LogP contribution in [0.5, 0.6) is 0 Å². The Morgan fingerprint density at radius 3 is 2.65 bits per heavy atom. The van der Waals surface area contributed by atoms with E-state index >= 15 is 0 Å². The average molecular weight is 317 g/mol. The molecule has 1 heterocycles. The second kappa shape index (κ2) is 10.4. The molecule has 0 aliphatic carbocycles. The van der Waals surface area contributed by atoms with Gasteiger partial charge < -0.3 is 9.64 Å². The van der Waals surface area contributed by atoms with E-state index < -0.39 is 0 Å². The first-order chi connectivity index (χ1) is 11.3. The highest BCUT2D eigenvalue weighted by atomic mass is 16.5. The molecule has 2 rings (SSSR count). The van der Waals surface area contributed by atoms with Crippen LogP contribution in [0.25, 0.3) is 0 Å². The van der Waals surface area contributed by atoms with Gasteiger partial charge in [-0.25, -0.2) is 0 Å². The van der Waals surface area contributed by atoms with Crippen LogP contribution in [0.15, 0.2) is 30.3 Å². The Morgan fingerprint density at radius 1 is 1.13 bits per heavy atom. The SMILES string of the molecule is CCC[C@H](CCCCCOCc1ccccc1)N1CCCC1=O. The van der Waals surface area contributed by atoms with Crippen molar-refractivity contribution in [1.82, 2.24) is 4.90 Å². The van der Waals surface area contributed by atoms with Crippen LogP contribution < -0.4 is 0 Å². The molecule has 0 spiro atoms. The van der Waals surface area contributed by atoms with Crippen molar-refractivity contribution >= 4 is 5.91 Å². The van der Waals surface area contributed by atoms with Crippen LogP contribution in [-0.2, 0) is 16.1 Å². The fraction of sp³-hybridized carbons (Fsp3) is 0.650. The molecule has 1 saturated heterocycles. The first kappa shape index (κ1) is 18.0. The maximum atomic E-state index is 11.9. The molecule has 23 heavy (non-hydrogen) atoms. The number of hydrogen-bond donors (Lipinski definition) is 0. The van der Waals surface area contributed by atoms with Crippen LogP contribution in [0, 0.1) is 0 Å². The number of amides is 1. The molecule has 0 radical (unpaired) electrons. The van der Waals surface area contributed by atoms with Crippen LogP contribution in [0.2, 0.25) is 0 Å². The van der Waals surface area contributed by atoms with Gasteiger partial charge in [0.1, 0.15) is 0 Å². The van der Waals surface area contributed by atoms with Crippen LogP contribution >= 0.6 is 0 Å². The highest BCUT2D eigenvalue weighted by molar-refractivity contribution is 5.78. The van der Waals surface area contributed by atoms with Crippen molar-refractivity contribution in [1.29, 1.82) is 0 Å². The molecule has 3 heteroatoms. The average Bonchev–Trinajstić information content (AvgIpc) is 3.00. The van der Waals surface area contributed by atoms with Gasteiger partial charge in [-0.15, -0.1) is 0 Å². The van der Waals surface area contributed by atoms with E-state index in [2.05, 4.69) is 24.0 Å². The lowest BCUT2D eigenvalue weighted by Crippen LogP contribution is -2.36. The Labute approximate surface area is 141 Å². The minimum atomic E-state index is 0.370. The van der Waals surface area contributed by atoms with Crippen molar-refractivity contribution in [2.75, 3.05) is 13.2 Å². The molecule has 0 saturated carbocycles. The summed E-state index contributed by atoms with van der Waals surface area (Å²) in [4.78, 5) is 14.0. The maximum Gasteiger partial charge on any atom is 0.222 e. The Morgan fingerprint density at radius 2 is 1.96 bits per heavy atom. The smallest absolute Gasteiger partial charge is 0.222 e. The summed E-state index contributed by atoms with van der Waals surface area (Å²) in [6.07, 6.45) is 8.77. The molecule has 0 unspecified atom stereocenters. The third-order valence-electron chi connectivity index (χ3n) is 4.61. The number of unbranched alkanes of at least 4 members (excludes halogenated alkanes) is 2. The van der Waals surface area contributed by atoms with Crippen molar-refractivity contribution in [3.8, 4) is 0 Å². The summed E-state index contributed by atoms with van der Waals surface area (Å²) in [5.41, 5.74) is 1.24. The standard InChI is InChI=1S/C20H31NO2/c1-2-10-19(21-15-9-14-20(21)22)13-7-4-8-16-23-17-18-11-5-3-6-12-18/h3,5-6,11-12,19H,2,4,7-10,13-17H2,1H3/t19-/m1/s1. The zero-order valence-corrected chi connectivity index (χ0v) is 14.5. The first-order valence-electron chi connectivity index (χ1n) is 9.22. The predicted octanol–water partition coefficient (Wildman–Crippen LogP) is 4.55. The van der Waals surface area contributed by atoms with E-state index in [1.165, 1.54) is 18.4 Å². The van der Waals surface area contributed by atoms with E-state index in [4.69, 9.17) is 4.74 Å². The number of ether oxygens (including phenoxy) is 1. The van der Waals surface area contributed by atoms with Crippen molar-refractivity contribution in [3.05, 3.63) is 35.9 Å². The van der Waals surface area contributed by atoms with Gasteiger partial charge in [0.15, 0.2) is 0 Å². The lowest BCUT2D eigenvalue weighted by Gasteiger charge is -2.27. The zero-order valence-electron chi connectivity index (χ0n) is 14.5. The molecular formula is C20H31NO2. The summed E-state index contributed by atoms with van der Waals surface area (Å²) in [6.45, 7) is 4.73. The number of carbonyl (C=O) groups excluding carboxylic acids is 1. The minimum Gasteiger partial charge on any atom is -0.377 e. The molecule has 0 bridgehead atoms. The molecular weight excluding hydrogens is 286 g/mol. The highest BCUT2D eigenvalue weighted by Gasteiger charge is 2.26. The number of hydrogen-bond acceptors (Lipinski definition) is 2. The molecule has 1 atom stereocenters. The molecule has 128 valence electrons. The molecule has 1 fully saturated rings.